The third-order valence-corrected chi connectivity index (χ3v) is 5.37. The molecule has 7 heteroatoms. The number of amides is 2. The number of carbonyl (C=O) groups is 2. The number of thiophene rings is 1. The number of nitrogens with zero attached hydrogens (tertiary/aromatic N) is 2. The Balaban J connectivity index is 1.75. The molecule has 0 aliphatic carbocycles. The van der Waals surface area contributed by atoms with Gasteiger partial charge in [-0.15, -0.1) is 11.3 Å². The zero-order chi connectivity index (χ0) is 15.5. The van der Waals surface area contributed by atoms with E-state index in [0.29, 0.717) is 42.1 Å². The Labute approximate surface area is 138 Å². The SMILES string of the molecule is O=C([C@H]1CCCCN1C(=O)c1ccc(Cl)s1)N1CCOCC1. The molecule has 0 saturated carbocycles. The van der Waals surface area contributed by atoms with Crippen LogP contribution in [0.4, 0.5) is 0 Å². The molecule has 0 N–H and O–H groups in total. The van der Waals surface area contributed by atoms with Crippen molar-refractivity contribution in [2.24, 2.45) is 0 Å². The zero-order valence-corrected chi connectivity index (χ0v) is 13.9. The molecular formula is C15H19ClN2O3S. The van der Waals surface area contributed by atoms with Crippen molar-refractivity contribution in [1.29, 1.82) is 0 Å². The molecule has 1 aromatic rings. The monoisotopic (exact) mass is 342 g/mol. The van der Waals surface area contributed by atoms with Crippen LogP contribution in [0.1, 0.15) is 28.9 Å². The first-order chi connectivity index (χ1) is 10.7. The molecule has 3 rings (SSSR count). The molecule has 0 radical (unpaired) electrons. The Morgan fingerprint density at radius 2 is 1.95 bits per heavy atom. The smallest absolute Gasteiger partial charge is 0.264 e. The average Bonchev–Trinajstić information content (AvgIpc) is 3.01. The minimum Gasteiger partial charge on any atom is -0.378 e. The van der Waals surface area contributed by atoms with E-state index < -0.39 is 0 Å². The first-order valence-corrected chi connectivity index (χ1v) is 8.79. The van der Waals surface area contributed by atoms with Gasteiger partial charge in [-0.3, -0.25) is 9.59 Å². The number of hydrogen-bond acceptors (Lipinski definition) is 4. The number of halogens is 1. The predicted molar refractivity (Wildman–Crippen MR) is 85.4 cm³/mol. The van der Waals surface area contributed by atoms with Crippen LogP contribution in [0, 0.1) is 0 Å². The number of morpholine rings is 1. The highest BCUT2D eigenvalue weighted by Crippen LogP contribution is 2.27. The van der Waals surface area contributed by atoms with Crippen molar-refractivity contribution < 1.29 is 14.3 Å². The van der Waals surface area contributed by atoms with Crippen molar-refractivity contribution in [2.45, 2.75) is 25.3 Å². The van der Waals surface area contributed by atoms with Crippen LogP contribution in [0.25, 0.3) is 0 Å². The highest BCUT2D eigenvalue weighted by Gasteiger charge is 2.35. The Bertz CT molecular complexity index is 557. The van der Waals surface area contributed by atoms with E-state index in [9.17, 15) is 9.59 Å². The van der Waals surface area contributed by atoms with Gasteiger partial charge >= 0.3 is 0 Å². The van der Waals surface area contributed by atoms with E-state index in [1.807, 2.05) is 4.90 Å². The Kier molecular flexibility index (Phi) is 5.00. The lowest BCUT2D eigenvalue weighted by molar-refractivity contribution is -0.141. The predicted octanol–water partition coefficient (Wildman–Crippen LogP) is 2.25. The van der Waals surface area contributed by atoms with Crippen molar-refractivity contribution in [3.05, 3.63) is 21.3 Å². The topological polar surface area (TPSA) is 49.9 Å². The molecule has 2 fully saturated rings. The number of likely N-dealkylation sites (tertiary alicyclic amines) is 1. The lowest BCUT2D eigenvalue weighted by Gasteiger charge is -2.38. The molecule has 1 atom stereocenters. The number of hydrogen-bond donors (Lipinski definition) is 0. The summed E-state index contributed by atoms with van der Waals surface area (Å²) in [5.41, 5.74) is 0. The van der Waals surface area contributed by atoms with E-state index in [2.05, 4.69) is 0 Å². The normalized spacial score (nSPS) is 22.7. The average molecular weight is 343 g/mol. The Morgan fingerprint density at radius 3 is 2.64 bits per heavy atom. The molecule has 3 heterocycles. The molecule has 120 valence electrons. The van der Waals surface area contributed by atoms with Crippen molar-refractivity contribution in [3.8, 4) is 0 Å². The van der Waals surface area contributed by atoms with Crippen LogP contribution in [-0.2, 0) is 9.53 Å². The molecular weight excluding hydrogens is 324 g/mol. The van der Waals surface area contributed by atoms with E-state index in [1.54, 1.807) is 17.0 Å². The van der Waals surface area contributed by atoms with Crippen LogP contribution in [0.15, 0.2) is 12.1 Å². The molecule has 1 aromatic heterocycles. The van der Waals surface area contributed by atoms with Gasteiger partial charge in [0.25, 0.3) is 5.91 Å². The summed E-state index contributed by atoms with van der Waals surface area (Å²) in [4.78, 5) is 29.6. The fourth-order valence-corrected chi connectivity index (χ4v) is 4.00. The maximum Gasteiger partial charge on any atom is 0.264 e. The molecule has 0 bridgehead atoms. The largest absolute Gasteiger partial charge is 0.378 e. The number of rotatable bonds is 2. The summed E-state index contributed by atoms with van der Waals surface area (Å²) in [5.74, 6) is -0.0257. The van der Waals surface area contributed by atoms with Gasteiger partial charge < -0.3 is 14.5 Å². The van der Waals surface area contributed by atoms with Gasteiger partial charge in [-0.25, -0.2) is 0 Å². The second-order valence-corrected chi connectivity index (χ2v) is 7.27. The van der Waals surface area contributed by atoms with Crippen LogP contribution in [0.2, 0.25) is 4.34 Å². The molecule has 5 nitrogen and oxygen atoms in total. The summed E-state index contributed by atoms with van der Waals surface area (Å²) in [6.45, 7) is 3.01. The molecule has 2 saturated heterocycles. The number of carbonyl (C=O) groups excluding carboxylic acids is 2. The first-order valence-electron chi connectivity index (χ1n) is 7.59. The summed E-state index contributed by atoms with van der Waals surface area (Å²) >= 11 is 7.19. The minimum atomic E-state index is -0.347. The van der Waals surface area contributed by atoms with Crippen molar-refractivity contribution in [2.75, 3.05) is 32.8 Å². The fourth-order valence-electron chi connectivity index (χ4n) is 3.00. The number of ether oxygens (including phenoxy) is 1. The molecule has 0 spiro atoms. The lowest BCUT2D eigenvalue weighted by atomic mass is 10.00. The zero-order valence-electron chi connectivity index (χ0n) is 12.3. The highest BCUT2D eigenvalue weighted by molar-refractivity contribution is 7.17. The van der Waals surface area contributed by atoms with Gasteiger partial charge in [-0.1, -0.05) is 11.6 Å². The molecule has 2 amide bonds. The lowest BCUT2D eigenvalue weighted by Crippen LogP contribution is -2.55. The molecule has 0 unspecified atom stereocenters. The summed E-state index contributed by atoms with van der Waals surface area (Å²) in [7, 11) is 0. The summed E-state index contributed by atoms with van der Waals surface area (Å²) in [6.07, 6.45) is 2.66. The van der Waals surface area contributed by atoms with Crippen LogP contribution >= 0.6 is 22.9 Å². The van der Waals surface area contributed by atoms with Gasteiger partial charge in [-0.2, -0.15) is 0 Å². The van der Waals surface area contributed by atoms with E-state index in [0.717, 1.165) is 19.3 Å². The van der Waals surface area contributed by atoms with Gasteiger partial charge in [0.1, 0.15) is 6.04 Å². The third kappa shape index (κ3) is 3.29. The second kappa shape index (κ2) is 6.98. The van der Waals surface area contributed by atoms with Gasteiger partial charge in [0, 0.05) is 19.6 Å². The van der Waals surface area contributed by atoms with Crippen LogP contribution < -0.4 is 0 Å². The maximum atomic E-state index is 12.8. The first kappa shape index (κ1) is 15.8. The van der Waals surface area contributed by atoms with Crippen molar-refractivity contribution in [3.63, 3.8) is 0 Å². The second-order valence-electron chi connectivity index (χ2n) is 5.55. The Morgan fingerprint density at radius 1 is 1.18 bits per heavy atom. The van der Waals surface area contributed by atoms with Gasteiger partial charge in [0.2, 0.25) is 5.91 Å². The van der Waals surface area contributed by atoms with E-state index in [4.69, 9.17) is 16.3 Å². The standard InChI is InChI=1S/C15H19ClN2O3S/c16-13-5-4-12(22-13)15(20)18-6-2-1-3-11(18)14(19)17-7-9-21-10-8-17/h4-5,11H,1-3,6-10H2/t11-/m1/s1. The van der Waals surface area contributed by atoms with Gasteiger partial charge in [0.05, 0.1) is 22.4 Å². The molecule has 2 aliphatic rings. The quantitative estimate of drug-likeness (QED) is 0.828. The van der Waals surface area contributed by atoms with Crippen LogP contribution in [0.5, 0.6) is 0 Å². The minimum absolute atomic E-state index is 0.0546. The highest BCUT2D eigenvalue weighted by atomic mass is 35.5. The van der Waals surface area contributed by atoms with Crippen molar-refractivity contribution in [1.82, 2.24) is 9.80 Å². The molecule has 22 heavy (non-hydrogen) atoms. The van der Waals surface area contributed by atoms with E-state index in [1.165, 1.54) is 11.3 Å². The Hall–Kier alpha value is -1.11. The van der Waals surface area contributed by atoms with Crippen LogP contribution in [-0.4, -0.2) is 60.5 Å². The molecule has 2 aliphatic heterocycles. The maximum absolute atomic E-state index is 12.8. The summed E-state index contributed by atoms with van der Waals surface area (Å²) < 4.78 is 5.89. The van der Waals surface area contributed by atoms with E-state index in [-0.39, 0.29) is 17.9 Å². The van der Waals surface area contributed by atoms with E-state index >= 15 is 0 Å². The third-order valence-electron chi connectivity index (χ3n) is 4.16. The fraction of sp³-hybridized carbons (Fsp3) is 0.600. The van der Waals surface area contributed by atoms with Crippen molar-refractivity contribution >= 4 is 34.8 Å². The van der Waals surface area contributed by atoms with Gasteiger partial charge in [-0.05, 0) is 31.4 Å². The molecule has 0 aromatic carbocycles. The summed E-state index contributed by atoms with van der Waals surface area (Å²) in [5, 5.41) is 0. The number of piperidine rings is 1. The summed E-state index contributed by atoms with van der Waals surface area (Å²) in [6, 6.07) is 3.11. The van der Waals surface area contributed by atoms with Gasteiger partial charge in [0.15, 0.2) is 0 Å². The van der Waals surface area contributed by atoms with Crippen LogP contribution in [0.3, 0.4) is 0 Å².